The van der Waals surface area contributed by atoms with Gasteiger partial charge >= 0.3 is 0 Å². The van der Waals surface area contributed by atoms with E-state index >= 15 is 0 Å². The van der Waals surface area contributed by atoms with E-state index in [9.17, 15) is 9.59 Å². The van der Waals surface area contributed by atoms with Gasteiger partial charge in [-0.15, -0.1) is 0 Å². The lowest BCUT2D eigenvalue weighted by Crippen LogP contribution is -2.35. The summed E-state index contributed by atoms with van der Waals surface area (Å²) in [6, 6.07) is 15.4. The standard InChI is InChI=1S/C22H21N5O2/c1-24-22(29)19-20(23)25-12-18(27-19)15-7-4-8-16(9-15)21(28)26-17-10-13-5-2-3-6-14(13)11-17/h2-9,12,17H,10-11H2,1H3,(H2,23,25)(H,24,29)(H,26,28). The van der Waals surface area contributed by atoms with Crippen LogP contribution in [0.25, 0.3) is 11.3 Å². The average molecular weight is 387 g/mol. The molecule has 4 rings (SSSR count). The summed E-state index contributed by atoms with van der Waals surface area (Å²) in [5.74, 6) is -0.492. The molecule has 0 unspecified atom stereocenters. The van der Waals surface area contributed by atoms with E-state index in [4.69, 9.17) is 5.73 Å². The summed E-state index contributed by atoms with van der Waals surface area (Å²) in [7, 11) is 1.50. The average Bonchev–Trinajstić information content (AvgIpc) is 3.16. The predicted molar refractivity (Wildman–Crippen MR) is 110 cm³/mol. The zero-order valence-corrected chi connectivity index (χ0v) is 16.0. The van der Waals surface area contributed by atoms with Gasteiger partial charge in [0.15, 0.2) is 11.5 Å². The van der Waals surface area contributed by atoms with Crippen LogP contribution >= 0.6 is 0 Å². The molecule has 1 heterocycles. The van der Waals surface area contributed by atoms with Crippen molar-refractivity contribution in [3.05, 3.63) is 77.1 Å². The molecule has 2 amide bonds. The third kappa shape index (κ3) is 3.80. The van der Waals surface area contributed by atoms with Crippen LogP contribution in [-0.2, 0) is 12.8 Å². The minimum Gasteiger partial charge on any atom is -0.382 e. The summed E-state index contributed by atoms with van der Waals surface area (Å²) in [6.07, 6.45) is 3.16. The molecule has 1 aliphatic rings. The molecule has 0 saturated carbocycles. The number of carbonyl (C=O) groups excluding carboxylic acids is 2. The van der Waals surface area contributed by atoms with Crippen LogP contribution < -0.4 is 16.4 Å². The number of benzene rings is 2. The van der Waals surface area contributed by atoms with Gasteiger partial charge in [-0.25, -0.2) is 9.97 Å². The van der Waals surface area contributed by atoms with Gasteiger partial charge in [0.2, 0.25) is 0 Å². The Kier molecular flexibility index (Phi) is 4.95. The largest absolute Gasteiger partial charge is 0.382 e. The molecular weight excluding hydrogens is 366 g/mol. The van der Waals surface area contributed by atoms with Crippen LogP contribution in [0.4, 0.5) is 5.82 Å². The molecule has 0 fully saturated rings. The second-order valence-corrected chi connectivity index (χ2v) is 7.00. The van der Waals surface area contributed by atoms with E-state index in [1.54, 1.807) is 18.2 Å². The van der Waals surface area contributed by atoms with Crippen LogP contribution in [0.2, 0.25) is 0 Å². The van der Waals surface area contributed by atoms with Gasteiger partial charge in [-0.3, -0.25) is 9.59 Å². The predicted octanol–water partition coefficient (Wildman–Crippen LogP) is 1.98. The fourth-order valence-electron chi connectivity index (χ4n) is 3.57. The molecule has 1 aromatic heterocycles. The number of rotatable bonds is 4. The van der Waals surface area contributed by atoms with E-state index in [2.05, 4.69) is 32.7 Å². The Morgan fingerprint density at radius 2 is 1.76 bits per heavy atom. The quantitative estimate of drug-likeness (QED) is 0.634. The number of hydrogen-bond acceptors (Lipinski definition) is 5. The van der Waals surface area contributed by atoms with Crippen molar-refractivity contribution < 1.29 is 9.59 Å². The molecule has 0 bridgehead atoms. The third-order valence-corrected chi connectivity index (χ3v) is 5.05. The van der Waals surface area contributed by atoms with E-state index in [0.717, 1.165) is 12.8 Å². The van der Waals surface area contributed by atoms with Gasteiger partial charge in [0, 0.05) is 24.2 Å². The number of anilines is 1. The molecule has 7 heteroatoms. The lowest BCUT2D eigenvalue weighted by molar-refractivity contribution is 0.0935. The second-order valence-electron chi connectivity index (χ2n) is 7.00. The molecule has 146 valence electrons. The SMILES string of the molecule is CNC(=O)c1nc(-c2cccc(C(=O)NC3Cc4ccccc4C3)c2)cnc1N. The topological polar surface area (TPSA) is 110 Å². The number of fused-ring (bicyclic) bond motifs is 1. The Morgan fingerprint density at radius 3 is 2.45 bits per heavy atom. The number of amides is 2. The van der Waals surface area contributed by atoms with Crippen molar-refractivity contribution in [2.45, 2.75) is 18.9 Å². The Morgan fingerprint density at radius 1 is 1.03 bits per heavy atom. The maximum Gasteiger partial charge on any atom is 0.273 e. The van der Waals surface area contributed by atoms with Crippen molar-refractivity contribution in [3.8, 4) is 11.3 Å². The van der Waals surface area contributed by atoms with Crippen molar-refractivity contribution >= 4 is 17.6 Å². The molecule has 4 N–H and O–H groups in total. The molecule has 7 nitrogen and oxygen atoms in total. The molecule has 1 aliphatic carbocycles. The number of nitrogens with one attached hydrogen (secondary N) is 2. The van der Waals surface area contributed by atoms with Crippen molar-refractivity contribution in [2.75, 3.05) is 12.8 Å². The smallest absolute Gasteiger partial charge is 0.273 e. The van der Waals surface area contributed by atoms with E-state index in [-0.39, 0.29) is 23.5 Å². The van der Waals surface area contributed by atoms with Crippen LogP contribution in [0.15, 0.2) is 54.7 Å². The molecule has 0 radical (unpaired) electrons. The van der Waals surface area contributed by atoms with Crippen LogP contribution in [0.1, 0.15) is 32.0 Å². The first kappa shape index (κ1) is 18.6. The normalized spacial score (nSPS) is 13.0. The molecule has 0 aliphatic heterocycles. The van der Waals surface area contributed by atoms with Crippen LogP contribution in [0.5, 0.6) is 0 Å². The van der Waals surface area contributed by atoms with Crippen LogP contribution in [0, 0.1) is 0 Å². The van der Waals surface area contributed by atoms with Gasteiger partial charge in [-0.05, 0) is 36.1 Å². The summed E-state index contributed by atoms with van der Waals surface area (Å²) in [5, 5.41) is 5.60. The van der Waals surface area contributed by atoms with E-state index in [1.165, 1.54) is 24.4 Å². The first-order valence-corrected chi connectivity index (χ1v) is 9.38. The van der Waals surface area contributed by atoms with Crippen molar-refractivity contribution in [1.29, 1.82) is 0 Å². The van der Waals surface area contributed by atoms with Gasteiger partial charge in [0.05, 0.1) is 11.9 Å². The number of nitrogen functional groups attached to an aromatic ring is 1. The number of carbonyl (C=O) groups is 2. The zero-order valence-electron chi connectivity index (χ0n) is 16.0. The summed E-state index contributed by atoms with van der Waals surface area (Å²) < 4.78 is 0. The van der Waals surface area contributed by atoms with Gasteiger partial charge < -0.3 is 16.4 Å². The molecule has 2 aromatic carbocycles. The summed E-state index contributed by atoms with van der Waals surface area (Å²) in [6.45, 7) is 0. The Balaban J connectivity index is 1.53. The highest BCUT2D eigenvalue weighted by atomic mass is 16.2. The highest BCUT2D eigenvalue weighted by Gasteiger charge is 2.23. The Hall–Kier alpha value is -3.74. The Labute approximate surface area is 168 Å². The number of hydrogen-bond donors (Lipinski definition) is 3. The first-order valence-electron chi connectivity index (χ1n) is 9.38. The highest BCUT2D eigenvalue weighted by Crippen LogP contribution is 2.23. The maximum absolute atomic E-state index is 12.8. The second kappa shape index (κ2) is 7.71. The molecule has 0 saturated heterocycles. The van der Waals surface area contributed by atoms with Crippen molar-refractivity contribution in [3.63, 3.8) is 0 Å². The van der Waals surface area contributed by atoms with Gasteiger partial charge in [-0.2, -0.15) is 0 Å². The van der Waals surface area contributed by atoms with E-state index < -0.39 is 5.91 Å². The minimum atomic E-state index is -0.411. The maximum atomic E-state index is 12.8. The van der Waals surface area contributed by atoms with E-state index in [1.807, 2.05) is 18.2 Å². The van der Waals surface area contributed by atoms with Crippen molar-refractivity contribution in [1.82, 2.24) is 20.6 Å². The molecule has 29 heavy (non-hydrogen) atoms. The highest BCUT2D eigenvalue weighted by molar-refractivity contribution is 5.97. The van der Waals surface area contributed by atoms with Crippen molar-refractivity contribution in [2.24, 2.45) is 0 Å². The van der Waals surface area contributed by atoms with Gasteiger partial charge in [0.1, 0.15) is 0 Å². The fraction of sp³-hybridized carbons (Fsp3) is 0.182. The van der Waals surface area contributed by atoms with Crippen LogP contribution in [0.3, 0.4) is 0 Å². The monoisotopic (exact) mass is 387 g/mol. The number of aromatic nitrogens is 2. The molecular formula is C22H21N5O2. The summed E-state index contributed by atoms with van der Waals surface area (Å²) in [4.78, 5) is 33.1. The van der Waals surface area contributed by atoms with E-state index in [0.29, 0.717) is 16.8 Å². The number of nitrogens with two attached hydrogens (primary N) is 1. The number of nitrogens with zero attached hydrogens (tertiary/aromatic N) is 2. The first-order chi connectivity index (χ1) is 14.0. The third-order valence-electron chi connectivity index (χ3n) is 5.05. The lowest BCUT2D eigenvalue weighted by Gasteiger charge is -2.13. The molecule has 0 spiro atoms. The zero-order chi connectivity index (χ0) is 20.4. The van der Waals surface area contributed by atoms with Gasteiger partial charge in [-0.1, -0.05) is 36.4 Å². The summed E-state index contributed by atoms with van der Waals surface area (Å²) >= 11 is 0. The molecule has 3 aromatic rings. The minimum absolute atomic E-state index is 0.0581. The molecule has 0 atom stereocenters. The lowest BCUT2D eigenvalue weighted by atomic mass is 10.1. The van der Waals surface area contributed by atoms with Crippen LogP contribution in [-0.4, -0.2) is 34.9 Å². The fourth-order valence-corrected chi connectivity index (χ4v) is 3.57. The summed E-state index contributed by atoms with van der Waals surface area (Å²) in [5.41, 5.74) is 10.1. The Bertz CT molecular complexity index is 1070. The van der Waals surface area contributed by atoms with Gasteiger partial charge in [0.25, 0.3) is 11.8 Å².